The molecule has 18 heavy (non-hydrogen) atoms. The largest absolute Gasteiger partial charge is 0.397 e. The Bertz CT molecular complexity index is 582. The minimum Gasteiger partial charge on any atom is -0.397 e. The van der Waals surface area contributed by atoms with Gasteiger partial charge in [0.2, 0.25) is 0 Å². The van der Waals surface area contributed by atoms with Gasteiger partial charge in [0.15, 0.2) is 0 Å². The summed E-state index contributed by atoms with van der Waals surface area (Å²) in [6.07, 6.45) is 0. The predicted molar refractivity (Wildman–Crippen MR) is 78.7 cm³/mol. The van der Waals surface area contributed by atoms with Crippen molar-refractivity contribution in [3.63, 3.8) is 0 Å². The van der Waals surface area contributed by atoms with Crippen LogP contribution in [0.4, 0.5) is 10.7 Å². The number of benzene rings is 1. The van der Waals surface area contributed by atoms with Gasteiger partial charge in [-0.3, -0.25) is 4.79 Å². The van der Waals surface area contributed by atoms with Crippen LogP contribution in [0.5, 0.6) is 0 Å². The molecule has 0 aliphatic carbocycles. The maximum Gasteiger partial charge on any atom is 0.260 e. The molecule has 0 radical (unpaired) electrons. The summed E-state index contributed by atoms with van der Waals surface area (Å²) in [6.45, 7) is 0.664. The van der Waals surface area contributed by atoms with Crippen LogP contribution in [0.2, 0.25) is 0 Å². The number of hydrogen-bond donors (Lipinski definition) is 3. The molecule has 0 atom stereocenters. The highest BCUT2D eigenvalue weighted by Crippen LogP contribution is 2.29. The minimum atomic E-state index is -0.493. The standard InChI is InChI=1S/C12H12BrN3OS/c13-8-3-1-2-7(4-8)6-16-10-5-9(14)11(18-10)12(15)17/h1-5,16H,6,14H2,(H2,15,17). The molecule has 5 N–H and O–H groups in total. The van der Waals surface area contributed by atoms with Gasteiger partial charge in [-0.2, -0.15) is 0 Å². The van der Waals surface area contributed by atoms with Gasteiger partial charge in [-0.15, -0.1) is 11.3 Å². The maximum absolute atomic E-state index is 11.1. The molecule has 4 nitrogen and oxygen atoms in total. The number of hydrogen-bond acceptors (Lipinski definition) is 4. The van der Waals surface area contributed by atoms with E-state index in [2.05, 4.69) is 21.2 Å². The van der Waals surface area contributed by atoms with Crippen molar-refractivity contribution in [1.82, 2.24) is 0 Å². The highest BCUT2D eigenvalue weighted by molar-refractivity contribution is 9.10. The molecule has 2 aromatic rings. The van der Waals surface area contributed by atoms with Gasteiger partial charge in [0.1, 0.15) is 4.88 Å². The Labute approximate surface area is 117 Å². The van der Waals surface area contributed by atoms with Crippen molar-refractivity contribution in [1.29, 1.82) is 0 Å². The molecule has 2 rings (SSSR count). The number of nitrogen functional groups attached to an aromatic ring is 1. The van der Waals surface area contributed by atoms with Crippen molar-refractivity contribution in [2.75, 3.05) is 11.1 Å². The number of carbonyl (C=O) groups excluding carboxylic acids is 1. The minimum absolute atomic E-state index is 0.395. The fraction of sp³-hybridized carbons (Fsp3) is 0.0833. The smallest absolute Gasteiger partial charge is 0.260 e. The number of anilines is 2. The summed E-state index contributed by atoms with van der Waals surface area (Å²) in [5.74, 6) is -0.493. The average Bonchev–Trinajstić information content (AvgIpc) is 2.68. The van der Waals surface area contributed by atoms with Crippen LogP contribution in [0.15, 0.2) is 34.8 Å². The van der Waals surface area contributed by atoms with E-state index in [9.17, 15) is 4.79 Å². The summed E-state index contributed by atoms with van der Waals surface area (Å²) in [5, 5.41) is 4.05. The lowest BCUT2D eigenvalue weighted by Gasteiger charge is -2.03. The number of carbonyl (C=O) groups is 1. The fourth-order valence-electron chi connectivity index (χ4n) is 1.52. The Hall–Kier alpha value is -1.53. The van der Waals surface area contributed by atoms with Crippen LogP contribution in [-0.2, 0) is 6.54 Å². The van der Waals surface area contributed by atoms with E-state index >= 15 is 0 Å². The number of amides is 1. The first-order valence-corrected chi connectivity index (χ1v) is 6.84. The molecule has 1 amide bonds. The summed E-state index contributed by atoms with van der Waals surface area (Å²) >= 11 is 4.69. The van der Waals surface area contributed by atoms with E-state index in [4.69, 9.17) is 11.5 Å². The van der Waals surface area contributed by atoms with Gasteiger partial charge in [-0.05, 0) is 23.8 Å². The molecule has 94 valence electrons. The second-order valence-electron chi connectivity index (χ2n) is 3.74. The molecule has 1 aromatic heterocycles. The summed E-state index contributed by atoms with van der Waals surface area (Å²) in [5.41, 5.74) is 12.5. The third-order valence-electron chi connectivity index (χ3n) is 2.34. The van der Waals surface area contributed by atoms with Gasteiger partial charge in [-0.25, -0.2) is 0 Å². The molecule has 1 aromatic carbocycles. The lowest BCUT2D eigenvalue weighted by Crippen LogP contribution is -2.10. The fourth-order valence-corrected chi connectivity index (χ4v) is 2.80. The predicted octanol–water partition coefficient (Wildman–Crippen LogP) is 2.80. The van der Waals surface area contributed by atoms with E-state index in [1.807, 2.05) is 24.3 Å². The number of rotatable bonds is 4. The highest BCUT2D eigenvalue weighted by Gasteiger charge is 2.10. The number of nitrogens with one attached hydrogen (secondary N) is 1. The molecule has 0 spiro atoms. The highest BCUT2D eigenvalue weighted by atomic mass is 79.9. The molecule has 0 aliphatic rings. The summed E-state index contributed by atoms with van der Waals surface area (Å²) in [7, 11) is 0. The first kappa shape index (κ1) is 12.9. The van der Waals surface area contributed by atoms with Crippen LogP contribution in [0.1, 0.15) is 15.2 Å². The lowest BCUT2D eigenvalue weighted by atomic mass is 10.2. The number of nitrogens with two attached hydrogens (primary N) is 2. The van der Waals surface area contributed by atoms with Crippen LogP contribution in [0.25, 0.3) is 0 Å². The van der Waals surface area contributed by atoms with E-state index in [-0.39, 0.29) is 0 Å². The van der Waals surface area contributed by atoms with Crippen LogP contribution < -0.4 is 16.8 Å². The third kappa shape index (κ3) is 3.02. The van der Waals surface area contributed by atoms with Gasteiger partial charge < -0.3 is 16.8 Å². The lowest BCUT2D eigenvalue weighted by molar-refractivity contribution is 0.100. The van der Waals surface area contributed by atoms with E-state index < -0.39 is 5.91 Å². The van der Waals surface area contributed by atoms with Crippen LogP contribution in [0.3, 0.4) is 0 Å². The van der Waals surface area contributed by atoms with Crippen LogP contribution in [-0.4, -0.2) is 5.91 Å². The molecular weight excluding hydrogens is 314 g/mol. The molecule has 0 saturated heterocycles. The van der Waals surface area contributed by atoms with Crippen molar-refractivity contribution >= 4 is 43.9 Å². The summed E-state index contributed by atoms with van der Waals surface area (Å²) < 4.78 is 1.03. The van der Waals surface area contributed by atoms with Gasteiger partial charge in [-0.1, -0.05) is 28.1 Å². The molecule has 0 saturated carbocycles. The Morgan fingerprint density at radius 3 is 2.78 bits per heavy atom. The third-order valence-corrected chi connectivity index (χ3v) is 3.96. The SMILES string of the molecule is NC(=O)c1sc(NCc2cccc(Br)c2)cc1N. The maximum atomic E-state index is 11.1. The Morgan fingerprint density at radius 2 is 2.17 bits per heavy atom. The second kappa shape index (κ2) is 5.41. The topological polar surface area (TPSA) is 81.1 Å². The quantitative estimate of drug-likeness (QED) is 0.808. The number of primary amides is 1. The second-order valence-corrected chi connectivity index (χ2v) is 5.71. The molecule has 1 heterocycles. The number of halogens is 1. The van der Waals surface area contributed by atoms with Gasteiger partial charge in [0, 0.05) is 11.0 Å². The van der Waals surface area contributed by atoms with Crippen molar-refractivity contribution in [2.45, 2.75) is 6.54 Å². The van der Waals surface area contributed by atoms with E-state index in [1.165, 1.54) is 11.3 Å². The monoisotopic (exact) mass is 325 g/mol. The molecule has 0 bridgehead atoms. The molecule has 0 aliphatic heterocycles. The van der Waals surface area contributed by atoms with E-state index in [0.29, 0.717) is 17.1 Å². The van der Waals surface area contributed by atoms with Crippen molar-refractivity contribution < 1.29 is 4.79 Å². The zero-order valence-corrected chi connectivity index (χ0v) is 11.8. The first-order valence-electron chi connectivity index (χ1n) is 5.23. The Morgan fingerprint density at radius 1 is 1.39 bits per heavy atom. The zero-order valence-electron chi connectivity index (χ0n) is 9.44. The van der Waals surface area contributed by atoms with Crippen molar-refractivity contribution in [3.8, 4) is 0 Å². The molecule has 0 unspecified atom stereocenters. The number of thiophene rings is 1. The van der Waals surface area contributed by atoms with Crippen molar-refractivity contribution in [2.24, 2.45) is 5.73 Å². The Balaban J connectivity index is 2.06. The first-order chi connectivity index (χ1) is 8.56. The summed E-state index contributed by atoms with van der Waals surface area (Å²) in [4.78, 5) is 11.5. The zero-order chi connectivity index (χ0) is 13.1. The molecule has 6 heteroatoms. The van der Waals surface area contributed by atoms with E-state index in [0.717, 1.165) is 15.0 Å². The molecule has 0 fully saturated rings. The van der Waals surface area contributed by atoms with Gasteiger partial charge in [0.05, 0.1) is 10.7 Å². The van der Waals surface area contributed by atoms with Crippen molar-refractivity contribution in [3.05, 3.63) is 45.2 Å². The van der Waals surface area contributed by atoms with Gasteiger partial charge in [0.25, 0.3) is 5.91 Å². The van der Waals surface area contributed by atoms with Gasteiger partial charge >= 0.3 is 0 Å². The summed E-state index contributed by atoms with van der Waals surface area (Å²) in [6, 6.07) is 9.71. The normalized spacial score (nSPS) is 10.3. The van der Waals surface area contributed by atoms with Crippen LogP contribution >= 0.6 is 27.3 Å². The average molecular weight is 326 g/mol. The Kier molecular flexibility index (Phi) is 3.88. The van der Waals surface area contributed by atoms with E-state index in [1.54, 1.807) is 6.07 Å². The van der Waals surface area contributed by atoms with Crippen LogP contribution in [0, 0.1) is 0 Å². The molecular formula is C12H12BrN3OS.